The van der Waals surface area contributed by atoms with Crippen molar-refractivity contribution in [2.45, 2.75) is 115 Å². The van der Waals surface area contributed by atoms with Crippen LogP contribution in [0.3, 0.4) is 0 Å². The van der Waals surface area contributed by atoms with Crippen molar-refractivity contribution in [1.82, 2.24) is 25.9 Å². The van der Waals surface area contributed by atoms with Gasteiger partial charge in [0.1, 0.15) is 24.4 Å². The molecule has 54 heavy (non-hydrogen) atoms. The van der Waals surface area contributed by atoms with Gasteiger partial charge in [0.2, 0.25) is 11.8 Å². The zero-order valence-electron chi connectivity index (χ0n) is 31.1. The van der Waals surface area contributed by atoms with Gasteiger partial charge in [-0.1, -0.05) is 19.9 Å². The highest BCUT2D eigenvalue weighted by molar-refractivity contribution is 6.01. The standard InChI is InChI=1S/C34H57N5O15/c1-19(35-12-14-50-33-20(2)28(45)29(46)21(3)52-33)16-38(18-24(41)37-13-15-51-34-32(49)31(48)30(47)22(4)53-34)17-23(40)36-11-7-5-6-8-27(44)54-39-25(42)9-10-26(39)43/h20-22,28-35,45-49H,1,5-18H2,2-4H3,(H,36,40)(H,37,41)/t20-,21-,22-,28-,29+,30+,31+,32-,33-,34-/m0/s1. The minimum absolute atomic E-state index is 0.00550. The van der Waals surface area contributed by atoms with Crippen LogP contribution in [-0.4, -0.2) is 173 Å². The summed E-state index contributed by atoms with van der Waals surface area (Å²) < 4.78 is 22.3. The molecule has 20 heteroatoms. The molecular formula is C34H57N5O15. The van der Waals surface area contributed by atoms with Crippen LogP contribution >= 0.6 is 0 Å². The number of hydroxylamine groups is 2. The number of aliphatic hydroxyl groups is 5. The molecular weight excluding hydrogens is 718 g/mol. The molecule has 0 bridgehead atoms. The van der Waals surface area contributed by atoms with Crippen LogP contribution in [0.2, 0.25) is 0 Å². The van der Waals surface area contributed by atoms with Crippen molar-refractivity contribution in [3.63, 3.8) is 0 Å². The summed E-state index contributed by atoms with van der Waals surface area (Å²) in [6.45, 7) is 9.27. The lowest BCUT2D eigenvalue weighted by molar-refractivity contribution is -0.292. The molecule has 308 valence electrons. The maximum Gasteiger partial charge on any atom is 0.333 e. The summed E-state index contributed by atoms with van der Waals surface area (Å²) in [5, 5.41) is 59.2. The third-order valence-electron chi connectivity index (χ3n) is 9.15. The van der Waals surface area contributed by atoms with Crippen molar-refractivity contribution in [1.29, 1.82) is 0 Å². The van der Waals surface area contributed by atoms with Crippen molar-refractivity contribution in [2.75, 3.05) is 52.5 Å². The molecule has 3 rings (SSSR count). The van der Waals surface area contributed by atoms with Crippen molar-refractivity contribution in [2.24, 2.45) is 5.92 Å². The van der Waals surface area contributed by atoms with Gasteiger partial charge in [-0.15, -0.1) is 5.06 Å². The molecule has 3 saturated heterocycles. The molecule has 10 atom stereocenters. The first kappa shape index (κ1) is 45.1. The second-order valence-corrected chi connectivity index (χ2v) is 13.7. The molecule has 3 fully saturated rings. The van der Waals surface area contributed by atoms with Gasteiger partial charge in [-0.05, 0) is 26.7 Å². The summed E-state index contributed by atoms with van der Waals surface area (Å²) in [4.78, 5) is 67.3. The van der Waals surface area contributed by atoms with E-state index in [-0.39, 0.29) is 71.1 Å². The Morgan fingerprint density at radius 3 is 1.89 bits per heavy atom. The molecule has 0 unspecified atom stereocenters. The van der Waals surface area contributed by atoms with E-state index in [0.29, 0.717) is 36.6 Å². The van der Waals surface area contributed by atoms with Crippen molar-refractivity contribution in [3.8, 4) is 0 Å². The van der Waals surface area contributed by atoms with Gasteiger partial charge in [0.25, 0.3) is 11.8 Å². The molecule has 0 spiro atoms. The van der Waals surface area contributed by atoms with Gasteiger partial charge in [-0.25, -0.2) is 4.79 Å². The molecule has 0 aromatic carbocycles. The first-order chi connectivity index (χ1) is 25.6. The number of amides is 4. The number of hydrogen-bond acceptors (Lipinski definition) is 17. The summed E-state index contributed by atoms with van der Waals surface area (Å²) >= 11 is 0. The number of nitrogens with zero attached hydrogens (tertiary/aromatic N) is 2. The van der Waals surface area contributed by atoms with Crippen LogP contribution in [0.1, 0.15) is 59.3 Å². The number of aliphatic hydroxyl groups excluding tert-OH is 5. The molecule has 20 nitrogen and oxygen atoms in total. The summed E-state index contributed by atoms with van der Waals surface area (Å²) in [6.07, 6.45) is -8.04. The maximum absolute atomic E-state index is 12.9. The Bertz CT molecular complexity index is 1200. The summed E-state index contributed by atoms with van der Waals surface area (Å²) in [5.41, 5.74) is 0.478. The Hall–Kier alpha value is -3.31. The first-order valence-electron chi connectivity index (χ1n) is 18.3. The minimum Gasteiger partial charge on any atom is -0.390 e. The number of nitrogens with one attached hydrogen (secondary N) is 3. The summed E-state index contributed by atoms with van der Waals surface area (Å²) in [5.74, 6) is -3.07. The third-order valence-corrected chi connectivity index (χ3v) is 9.15. The first-order valence-corrected chi connectivity index (χ1v) is 18.3. The number of unbranched alkanes of at least 4 members (excludes halogenated alkanes) is 2. The van der Waals surface area contributed by atoms with Crippen LogP contribution in [-0.2, 0) is 47.8 Å². The monoisotopic (exact) mass is 775 g/mol. The molecule has 0 aromatic heterocycles. The molecule has 0 aliphatic carbocycles. The van der Waals surface area contributed by atoms with Crippen LogP contribution in [0, 0.1) is 5.92 Å². The smallest absolute Gasteiger partial charge is 0.333 e. The molecule has 0 saturated carbocycles. The SMILES string of the molecule is C=C(CN(CC(=O)NCCCCCC(=O)ON1C(=O)CCC1=O)CC(=O)NCCO[C@H]1O[C@@H](C)[C@@H](O)[C@@H](O)[C@@H]1O)NCCO[C@H]1O[C@@H](C)[C@@H](O)[C@@H](O)[C@@H]1C. The third kappa shape index (κ3) is 14.1. The fourth-order valence-corrected chi connectivity index (χ4v) is 5.89. The van der Waals surface area contributed by atoms with Crippen molar-refractivity contribution < 1.29 is 73.3 Å². The lowest BCUT2D eigenvalue weighted by atomic mass is 9.93. The van der Waals surface area contributed by atoms with E-state index in [0.717, 1.165) is 0 Å². The van der Waals surface area contributed by atoms with E-state index in [1.54, 1.807) is 18.7 Å². The van der Waals surface area contributed by atoms with E-state index < -0.39 is 84.9 Å². The van der Waals surface area contributed by atoms with Crippen LogP contribution in [0.5, 0.6) is 0 Å². The van der Waals surface area contributed by atoms with Gasteiger partial charge in [-0.2, -0.15) is 0 Å². The van der Waals surface area contributed by atoms with Crippen molar-refractivity contribution >= 4 is 29.6 Å². The van der Waals surface area contributed by atoms with E-state index in [2.05, 4.69) is 22.5 Å². The number of ether oxygens (including phenoxy) is 4. The molecule has 8 N–H and O–H groups in total. The van der Waals surface area contributed by atoms with Gasteiger partial charge in [0, 0.05) is 57.1 Å². The lowest BCUT2D eigenvalue weighted by Crippen LogP contribution is -2.57. The average Bonchev–Trinajstić information content (AvgIpc) is 3.44. The number of carbonyl (C=O) groups is 5. The highest BCUT2D eigenvalue weighted by atomic mass is 16.7. The zero-order chi connectivity index (χ0) is 39.9. The Labute approximate surface area is 314 Å². The highest BCUT2D eigenvalue weighted by Gasteiger charge is 2.43. The van der Waals surface area contributed by atoms with Gasteiger partial charge in [-0.3, -0.25) is 24.1 Å². The number of carbonyl (C=O) groups excluding carboxylic acids is 5. The Morgan fingerprint density at radius 1 is 0.722 bits per heavy atom. The average molecular weight is 776 g/mol. The van der Waals surface area contributed by atoms with Crippen LogP contribution in [0.25, 0.3) is 0 Å². The van der Waals surface area contributed by atoms with Gasteiger partial charge < -0.3 is 65.3 Å². The fraction of sp³-hybridized carbons (Fsp3) is 0.794. The van der Waals surface area contributed by atoms with E-state index in [4.69, 9.17) is 23.8 Å². The van der Waals surface area contributed by atoms with E-state index in [1.165, 1.54) is 6.92 Å². The summed E-state index contributed by atoms with van der Waals surface area (Å²) in [7, 11) is 0. The Morgan fingerprint density at radius 2 is 1.26 bits per heavy atom. The molecule has 0 aromatic rings. The topological polar surface area (TPSA) is 275 Å². The molecule has 4 amide bonds. The highest BCUT2D eigenvalue weighted by Crippen LogP contribution is 2.26. The van der Waals surface area contributed by atoms with Gasteiger partial charge in [0.15, 0.2) is 12.6 Å². The zero-order valence-corrected chi connectivity index (χ0v) is 31.1. The second-order valence-electron chi connectivity index (χ2n) is 13.7. The number of rotatable bonds is 22. The maximum atomic E-state index is 12.9. The predicted molar refractivity (Wildman–Crippen MR) is 185 cm³/mol. The van der Waals surface area contributed by atoms with Crippen LogP contribution < -0.4 is 16.0 Å². The molecule has 3 aliphatic rings. The second kappa shape index (κ2) is 22.3. The van der Waals surface area contributed by atoms with Crippen LogP contribution in [0.15, 0.2) is 12.3 Å². The molecule has 3 heterocycles. The number of imide groups is 1. The number of hydrogen-bond donors (Lipinski definition) is 8. The van der Waals surface area contributed by atoms with E-state index >= 15 is 0 Å². The van der Waals surface area contributed by atoms with E-state index in [9.17, 15) is 49.5 Å². The van der Waals surface area contributed by atoms with Crippen molar-refractivity contribution in [3.05, 3.63) is 12.3 Å². The quantitative estimate of drug-likeness (QED) is 0.0396. The van der Waals surface area contributed by atoms with Crippen LogP contribution in [0.4, 0.5) is 0 Å². The molecule has 0 radical (unpaired) electrons. The normalized spacial score (nSPS) is 30.0. The lowest BCUT2D eigenvalue weighted by Gasteiger charge is -2.40. The Kier molecular flexibility index (Phi) is 18.6. The van der Waals surface area contributed by atoms with E-state index in [1.807, 2.05) is 0 Å². The Balaban J connectivity index is 1.41. The largest absolute Gasteiger partial charge is 0.390 e. The molecule has 3 aliphatic heterocycles. The summed E-state index contributed by atoms with van der Waals surface area (Å²) in [6, 6.07) is 0. The predicted octanol–water partition coefficient (Wildman–Crippen LogP) is -3.24. The van der Waals surface area contributed by atoms with Gasteiger partial charge >= 0.3 is 5.97 Å². The van der Waals surface area contributed by atoms with Gasteiger partial charge in [0.05, 0.1) is 44.6 Å². The fourth-order valence-electron chi connectivity index (χ4n) is 5.89. The minimum atomic E-state index is -1.48.